The highest BCUT2D eigenvalue weighted by Gasteiger charge is 2.35. The minimum Gasteiger partial charge on any atom is -0.318 e. The van der Waals surface area contributed by atoms with E-state index in [2.05, 4.69) is 10.1 Å². The number of carbonyl (C=O) groups excluding carboxylic acids is 1. The number of hydrogen-bond donors (Lipinski definition) is 1. The standard InChI is InChI=1S/C20H18FN5OS2/c1-4-28-20-24-26-17(22)16(18(27)23-19(26)29-20)9-13-8-11(2)25(12(13)3)15-7-5-6-14(21)10-15/h5-10,22H,4H2,1-3H3/b16-9+,22-17?. The average Bonchev–Trinajstić information content (AvgIpc) is 3.19. The SMILES string of the molecule is CCSC1=NN2C(=N)/C(=C\c3cc(C)n(-c4cccc(F)c4)c3C)C(=O)N=C2S1. The summed E-state index contributed by atoms with van der Waals surface area (Å²) in [6, 6.07) is 8.26. The van der Waals surface area contributed by atoms with Crippen LogP contribution in [0.15, 0.2) is 46.0 Å². The number of carbonyl (C=O) groups is 1. The maximum Gasteiger partial charge on any atom is 0.283 e. The van der Waals surface area contributed by atoms with Crippen LogP contribution >= 0.6 is 23.5 Å². The number of aryl methyl sites for hydroxylation is 1. The quantitative estimate of drug-likeness (QED) is 0.729. The number of nitrogens with one attached hydrogen (secondary N) is 1. The normalized spacial score (nSPS) is 17.7. The highest BCUT2D eigenvalue weighted by Crippen LogP contribution is 2.33. The maximum absolute atomic E-state index is 13.7. The lowest BCUT2D eigenvalue weighted by atomic mass is 10.1. The van der Waals surface area contributed by atoms with Crippen LogP contribution in [-0.4, -0.2) is 36.6 Å². The van der Waals surface area contributed by atoms with Crippen LogP contribution in [0.25, 0.3) is 11.8 Å². The molecule has 6 nitrogen and oxygen atoms in total. The second kappa shape index (κ2) is 7.64. The van der Waals surface area contributed by atoms with Crippen LogP contribution in [0.3, 0.4) is 0 Å². The monoisotopic (exact) mass is 427 g/mol. The fraction of sp³-hybridized carbons (Fsp3) is 0.200. The van der Waals surface area contributed by atoms with Gasteiger partial charge in [0.15, 0.2) is 10.2 Å². The molecule has 0 bridgehead atoms. The number of benzene rings is 1. The molecule has 0 spiro atoms. The third-order valence-corrected chi connectivity index (χ3v) is 6.46. The molecule has 0 atom stereocenters. The van der Waals surface area contributed by atoms with E-state index in [-0.39, 0.29) is 17.2 Å². The van der Waals surface area contributed by atoms with E-state index in [4.69, 9.17) is 5.41 Å². The maximum atomic E-state index is 13.7. The molecule has 4 rings (SSSR count). The van der Waals surface area contributed by atoms with Gasteiger partial charge in [0.1, 0.15) is 5.82 Å². The molecule has 0 unspecified atom stereocenters. The number of aliphatic imine (C=N–C) groups is 1. The van der Waals surface area contributed by atoms with E-state index in [1.807, 2.05) is 37.5 Å². The van der Waals surface area contributed by atoms with E-state index in [1.54, 1.807) is 23.9 Å². The predicted molar refractivity (Wildman–Crippen MR) is 118 cm³/mol. The van der Waals surface area contributed by atoms with Crippen molar-refractivity contribution in [2.75, 3.05) is 5.75 Å². The fourth-order valence-corrected chi connectivity index (χ4v) is 5.08. The van der Waals surface area contributed by atoms with E-state index in [9.17, 15) is 9.18 Å². The molecule has 9 heteroatoms. The van der Waals surface area contributed by atoms with Gasteiger partial charge in [-0.3, -0.25) is 10.2 Å². The smallest absolute Gasteiger partial charge is 0.283 e. The second-order valence-corrected chi connectivity index (χ2v) is 8.93. The van der Waals surface area contributed by atoms with Gasteiger partial charge in [0.05, 0.1) is 5.57 Å². The number of aromatic nitrogens is 1. The highest BCUT2D eigenvalue weighted by atomic mass is 32.2. The van der Waals surface area contributed by atoms with Crippen LogP contribution in [-0.2, 0) is 4.79 Å². The number of hydrogen-bond acceptors (Lipinski definition) is 5. The molecule has 2 aromatic rings. The molecule has 3 heterocycles. The summed E-state index contributed by atoms with van der Waals surface area (Å²) in [5.74, 6) is 0.0892. The number of amides is 1. The number of fused-ring (bicyclic) bond motifs is 1. The molecule has 1 aromatic carbocycles. The Morgan fingerprint density at radius 2 is 2.10 bits per heavy atom. The third kappa shape index (κ3) is 3.56. The lowest BCUT2D eigenvalue weighted by Crippen LogP contribution is -2.35. The lowest BCUT2D eigenvalue weighted by Gasteiger charge is -2.20. The molecule has 2 aliphatic rings. The van der Waals surface area contributed by atoms with Crippen LogP contribution in [0.5, 0.6) is 0 Å². The Morgan fingerprint density at radius 1 is 1.31 bits per heavy atom. The van der Waals surface area contributed by atoms with Crippen molar-refractivity contribution >= 4 is 50.9 Å². The predicted octanol–water partition coefficient (Wildman–Crippen LogP) is 4.56. The van der Waals surface area contributed by atoms with Gasteiger partial charge < -0.3 is 4.57 Å². The zero-order chi connectivity index (χ0) is 20.7. The largest absolute Gasteiger partial charge is 0.318 e. The molecule has 1 amide bonds. The van der Waals surface area contributed by atoms with Crippen LogP contribution in [0.1, 0.15) is 23.9 Å². The van der Waals surface area contributed by atoms with Crippen LogP contribution < -0.4 is 0 Å². The van der Waals surface area contributed by atoms with Crippen molar-refractivity contribution in [3.8, 4) is 5.69 Å². The first-order chi connectivity index (χ1) is 13.9. The molecule has 148 valence electrons. The van der Waals surface area contributed by atoms with Gasteiger partial charge in [-0.2, -0.15) is 10.0 Å². The van der Waals surface area contributed by atoms with Crippen molar-refractivity contribution < 1.29 is 9.18 Å². The molecule has 1 N–H and O–H groups in total. The number of halogens is 1. The van der Waals surface area contributed by atoms with Gasteiger partial charge in [0.2, 0.25) is 5.17 Å². The Bertz CT molecular complexity index is 1130. The molecule has 0 saturated carbocycles. The van der Waals surface area contributed by atoms with Gasteiger partial charge in [-0.1, -0.05) is 24.8 Å². The molecule has 0 fully saturated rings. The van der Waals surface area contributed by atoms with Crippen molar-refractivity contribution in [2.45, 2.75) is 20.8 Å². The van der Waals surface area contributed by atoms with Gasteiger partial charge in [0, 0.05) is 17.1 Å². The highest BCUT2D eigenvalue weighted by molar-refractivity contribution is 8.45. The molecule has 2 aliphatic heterocycles. The summed E-state index contributed by atoms with van der Waals surface area (Å²) in [5, 5.41) is 14.7. The van der Waals surface area contributed by atoms with Crippen molar-refractivity contribution in [3.63, 3.8) is 0 Å². The first kappa shape index (κ1) is 19.7. The van der Waals surface area contributed by atoms with Crippen LogP contribution in [0.4, 0.5) is 4.39 Å². The van der Waals surface area contributed by atoms with Gasteiger partial charge in [0.25, 0.3) is 5.91 Å². The zero-order valence-electron chi connectivity index (χ0n) is 16.1. The minimum absolute atomic E-state index is 0.00904. The van der Waals surface area contributed by atoms with E-state index in [1.165, 1.54) is 28.9 Å². The molecule has 29 heavy (non-hydrogen) atoms. The van der Waals surface area contributed by atoms with Crippen molar-refractivity contribution in [1.82, 2.24) is 9.58 Å². The van der Waals surface area contributed by atoms with Crippen molar-refractivity contribution in [3.05, 3.63) is 58.7 Å². The Balaban J connectivity index is 1.73. The Hall–Kier alpha value is -2.65. The average molecular weight is 428 g/mol. The molecular formula is C20H18FN5OS2. The molecule has 0 aliphatic carbocycles. The lowest BCUT2D eigenvalue weighted by molar-refractivity contribution is -0.114. The fourth-order valence-electron chi connectivity index (χ4n) is 3.26. The number of rotatable bonds is 3. The Labute approximate surface area is 176 Å². The number of hydrazone groups is 1. The molecule has 0 saturated heterocycles. The summed E-state index contributed by atoms with van der Waals surface area (Å²) in [5.41, 5.74) is 3.41. The summed E-state index contributed by atoms with van der Waals surface area (Å²) in [4.78, 5) is 16.7. The first-order valence-corrected chi connectivity index (χ1v) is 10.8. The Morgan fingerprint density at radius 3 is 2.83 bits per heavy atom. The Kier molecular flexibility index (Phi) is 5.18. The summed E-state index contributed by atoms with van der Waals surface area (Å²) in [6.07, 6.45) is 1.66. The topological polar surface area (TPSA) is 73.8 Å². The third-order valence-electron chi connectivity index (χ3n) is 4.54. The minimum atomic E-state index is -0.456. The van der Waals surface area contributed by atoms with Gasteiger partial charge >= 0.3 is 0 Å². The summed E-state index contributed by atoms with van der Waals surface area (Å²) in [7, 11) is 0. The first-order valence-electron chi connectivity index (χ1n) is 8.97. The van der Waals surface area contributed by atoms with Crippen LogP contribution in [0.2, 0.25) is 0 Å². The summed E-state index contributed by atoms with van der Waals surface area (Å²) in [6.45, 7) is 5.83. The summed E-state index contributed by atoms with van der Waals surface area (Å²) >= 11 is 2.85. The van der Waals surface area contributed by atoms with E-state index in [0.717, 1.165) is 27.1 Å². The summed E-state index contributed by atoms with van der Waals surface area (Å²) < 4.78 is 16.4. The molecule has 0 radical (unpaired) electrons. The van der Waals surface area contributed by atoms with Gasteiger partial charge in [-0.05, 0) is 67.3 Å². The van der Waals surface area contributed by atoms with Gasteiger partial charge in [-0.15, -0.1) is 5.10 Å². The molecule has 1 aromatic heterocycles. The van der Waals surface area contributed by atoms with E-state index < -0.39 is 5.91 Å². The number of amidine groups is 2. The molecular weight excluding hydrogens is 409 g/mol. The van der Waals surface area contributed by atoms with Crippen molar-refractivity contribution in [1.29, 1.82) is 5.41 Å². The van der Waals surface area contributed by atoms with E-state index in [0.29, 0.717) is 10.9 Å². The van der Waals surface area contributed by atoms with Crippen molar-refractivity contribution in [2.24, 2.45) is 10.1 Å². The zero-order valence-corrected chi connectivity index (χ0v) is 17.7. The second-order valence-electron chi connectivity index (χ2n) is 6.46. The van der Waals surface area contributed by atoms with Gasteiger partial charge in [-0.25, -0.2) is 4.39 Å². The number of nitrogens with zero attached hydrogens (tertiary/aromatic N) is 4. The van der Waals surface area contributed by atoms with E-state index >= 15 is 0 Å². The van der Waals surface area contributed by atoms with Crippen LogP contribution in [0, 0.1) is 25.1 Å². The number of thioether (sulfide) groups is 2.